The Labute approximate surface area is 191 Å². The van der Waals surface area contributed by atoms with Gasteiger partial charge < -0.3 is 5.73 Å². The van der Waals surface area contributed by atoms with Crippen LogP contribution in [0.4, 0.5) is 18.9 Å². The quantitative estimate of drug-likeness (QED) is 0.215. The highest BCUT2D eigenvalue weighted by Gasteiger charge is 2.30. The zero-order valence-corrected chi connectivity index (χ0v) is 18.8. The normalized spacial score (nSPS) is 12.7. The van der Waals surface area contributed by atoms with Gasteiger partial charge in [-0.05, 0) is 47.7 Å². The van der Waals surface area contributed by atoms with Crippen molar-refractivity contribution in [3.05, 3.63) is 95.1 Å². The summed E-state index contributed by atoms with van der Waals surface area (Å²) >= 11 is 1.39. The number of benzene rings is 3. The van der Waals surface area contributed by atoms with Crippen LogP contribution in [0.25, 0.3) is 0 Å². The molecule has 2 nitrogen and oxygen atoms in total. The number of rotatable bonds is 8. The van der Waals surface area contributed by atoms with Crippen LogP contribution in [0.1, 0.15) is 52.6 Å². The summed E-state index contributed by atoms with van der Waals surface area (Å²) in [7, 11) is 0. The van der Waals surface area contributed by atoms with E-state index in [1.807, 2.05) is 42.5 Å². The van der Waals surface area contributed by atoms with Gasteiger partial charge >= 0.3 is 6.18 Å². The maximum atomic E-state index is 13.0. The average Bonchev–Trinajstić information content (AvgIpc) is 2.74. The summed E-state index contributed by atoms with van der Waals surface area (Å²) in [5.74, 6) is 0.460. The molecule has 0 aliphatic carbocycles. The third-order valence-corrected chi connectivity index (χ3v) is 6.44. The number of nitrogens with two attached hydrogens (primary N) is 1. The van der Waals surface area contributed by atoms with Crippen LogP contribution in [0.15, 0.2) is 77.7 Å². The summed E-state index contributed by atoms with van der Waals surface area (Å²) in [6, 6.07) is 19.8. The number of hydrogen-bond acceptors (Lipinski definition) is 3. The van der Waals surface area contributed by atoms with Crippen LogP contribution in [-0.4, -0.2) is 5.78 Å². The van der Waals surface area contributed by atoms with Crippen LogP contribution in [0.5, 0.6) is 0 Å². The number of thioether (sulfide) groups is 1. The fraction of sp³-hybridized carbons (Fsp3) is 0.269. The van der Waals surface area contributed by atoms with E-state index in [1.54, 1.807) is 6.07 Å². The van der Waals surface area contributed by atoms with Gasteiger partial charge in [0, 0.05) is 27.8 Å². The van der Waals surface area contributed by atoms with Gasteiger partial charge in [0.15, 0.2) is 5.78 Å². The van der Waals surface area contributed by atoms with Crippen molar-refractivity contribution in [1.82, 2.24) is 0 Å². The van der Waals surface area contributed by atoms with Gasteiger partial charge in [-0.3, -0.25) is 4.79 Å². The van der Waals surface area contributed by atoms with Crippen molar-refractivity contribution >= 4 is 23.2 Å². The first-order chi connectivity index (χ1) is 15.1. The Hall–Kier alpha value is -2.73. The molecule has 0 spiro atoms. The van der Waals surface area contributed by atoms with E-state index in [1.165, 1.54) is 29.5 Å². The summed E-state index contributed by atoms with van der Waals surface area (Å²) in [5.41, 5.74) is 8.34. The van der Waals surface area contributed by atoms with Crippen LogP contribution in [0, 0.1) is 5.92 Å². The smallest absolute Gasteiger partial charge is 0.398 e. The predicted octanol–water partition coefficient (Wildman–Crippen LogP) is 7.59. The molecule has 0 radical (unpaired) electrons. The molecule has 0 amide bonds. The maximum Gasteiger partial charge on any atom is 0.416 e. The summed E-state index contributed by atoms with van der Waals surface area (Å²) < 4.78 is 39.0. The highest BCUT2D eigenvalue weighted by Crippen LogP contribution is 2.41. The lowest BCUT2D eigenvalue weighted by Crippen LogP contribution is -2.08. The first-order valence-electron chi connectivity index (χ1n) is 10.4. The molecule has 0 aliphatic heterocycles. The molecule has 0 aromatic heterocycles. The molecule has 32 heavy (non-hydrogen) atoms. The largest absolute Gasteiger partial charge is 0.416 e. The van der Waals surface area contributed by atoms with Crippen molar-refractivity contribution < 1.29 is 18.0 Å². The minimum Gasteiger partial charge on any atom is -0.398 e. The van der Waals surface area contributed by atoms with Crippen LogP contribution in [-0.2, 0) is 12.6 Å². The minimum absolute atomic E-state index is 0.0620. The fourth-order valence-corrected chi connectivity index (χ4v) is 4.64. The van der Waals surface area contributed by atoms with Gasteiger partial charge in [-0.25, -0.2) is 0 Å². The average molecular weight is 458 g/mol. The van der Waals surface area contributed by atoms with Crippen LogP contribution < -0.4 is 5.73 Å². The second-order valence-electron chi connectivity index (χ2n) is 8.19. The molecule has 1 unspecified atom stereocenters. The first-order valence-corrected chi connectivity index (χ1v) is 11.3. The Morgan fingerprint density at radius 1 is 0.938 bits per heavy atom. The molecule has 0 aliphatic rings. The molecule has 168 valence electrons. The minimum atomic E-state index is -4.40. The number of nitrogen functional groups attached to an aromatic ring is 1. The lowest BCUT2D eigenvalue weighted by atomic mass is 9.98. The predicted molar refractivity (Wildman–Crippen MR) is 125 cm³/mol. The van der Waals surface area contributed by atoms with E-state index in [2.05, 4.69) is 13.8 Å². The SMILES string of the molecule is CC(C)Cc1ccc(C(=O)CC(Sc2ccccc2N)c2ccc(C(F)(F)F)cc2)cc1. The van der Waals surface area contributed by atoms with Crippen molar-refractivity contribution in [2.45, 2.75) is 43.0 Å². The number of carbonyl (C=O) groups excluding carboxylic acids is 1. The van der Waals surface area contributed by atoms with Gasteiger partial charge in [0.05, 0.1) is 5.56 Å². The van der Waals surface area contributed by atoms with Crippen LogP contribution in [0.3, 0.4) is 0 Å². The van der Waals surface area contributed by atoms with Crippen molar-refractivity contribution in [2.24, 2.45) is 5.92 Å². The van der Waals surface area contributed by atoms with E-state index >= 15 is 0 Å². The summed E-state index contributed by atoms with van der Waals surface area (Å²) in [4.78, 5) is 13.8. The van der Waals surface area contributed by atoms with Gasteiger partial charge in [-0.1, -0.05) is 62.4 Å². The van der Waals surface area contributed by atoms with E-state index in [-0.39, 0.29) is 17.5 Å². The summed E-state index contributed by atoms with van der Waals surface area (Å²) in [5, 5.41) is -0.371. The highest BCUT2D eigenvalue weighted by atomic mass is 32.2. The molecule has 1 atom stereocenters. The van der Waals surface area contributed by atoms with Crippen molar-refractivity contribution in [2.75, 3.05) is 5.73 Å². The molecule has 0 heterocycles. The van der Waals surface area contributed by atoms with Gasteiger partial charge in [0.1, 0.15) is 0 Å². The van der Waals surface area contributed by atoms with Gasteiger partial charge in [0.2, 0.25) is 0 Å². The lowest BCUT2D eigenvalue weighted by Gasteiger charge is -2.19. The Kier molecular flexibility index (Phi) is 7.67. The standard InChI is InChI=1S/C26H26F3NOS/c1-17(2)15-18-7-9-19(10-8-18)23(31)16-25(32-24-6-4-3-5-22(24)30)20-11-13-21(14-12-20)26(27,28)29/h3-14,17,25H,15-16,30H2,1-2H3. The Balaban J connectivity index is 1.85. The summed E-state index contributed by atoms with van der Waals surface area (Å²) in [6.07, 6.45) is -3.32. The van der Waals surface area contributed by atoms with Crippen LogP contribution in [0.2, 0.25) is 0 Å². The number of alkyl halides is 3. The Morgan fingerprint density at radius 2 is 1.56 bits per heavy atom. The van der Waals surface area contributed by atoms with E-state index in [0.29, 0.717) is 22.7 Å². The lowest BCUT2D eigenvalue weighted by molar-refractivity contribution is -0.137. The van der Waals surface area contributed by atoms with Gasteiger partial charge in [-0.2, -0.15) is 13.2 Å². The topological polar surface area (TPSA) is 43.1 Å². The number of halogens is 3. The van der Waals surface area contributed by atoms with Crippen molar-refractivity contribution in [1.29, 1.82) is 0 Å². The van der Waals surface area contributed by atoms with E-state index in [4.69, 9.17) is 5.73 Å². The first kappa shape index (κ1) is 23.9. The van der Waals surface area contributed by atoms with Crippen molar-refractivity contribution in [3.8, 4) is 0 Å². The second kappa shape index (κ2) is 10.3. The molecule has 6 heteroatoms. The molecule has 3 aromatic carbocycles. The summed E-state index contributed by atoms with van der Waals surface area (Å²) in [6.45, 7) is 4.28. The zero-order valence-electron chi connectivity index (χ0n) is 18.0. The molecule has 3 aromatic rings. The molecule has 3 rings (SSSR count). The monoisotopic (exact) mass is 457 g/mol. The number of hydrogen-bond donors (Lipinski definition) is 1. The van der Waals surface area contributed by atoms with E-state index < -0.39 is 11.7 Å². The third kappa shape index (κ3) is 6.39. The maximum absolute atomic E-state index is 13.0. The van der Waals surface area contributed by atoms with E-state index in [0.717, 1.165) is 23.4 Å². The molecule has 2 N–H and O–H groups in total. The number of anilines is 1. The van der Waals surface area contributed by atoms with Gasteiger partial charge in [0.25, 0.3) is 0 Å². The third-order valence-electron chi connectivity index (χ3n) is 5.09. The molecule has 0 bridgehead atoms. The Morgan fingerprint density at radius 3 is 2.12 bits per heavy atom. The second-order valence-corrected chi connectivity index (χ2v) is 9.43. The number of ketones is 1. The number of para-hydroxylation sites is 1. The number of carbonyl (C=O) groups is 1. The molecule has 0 fully saturated rings. The Bertz CT molecular complexity index is 1040. The molecule has 0 saturated heterocycles. The fourth-order valence-electron chi connectivity index (χ4n) is 3.44. The molecular weight excluding hydrogens is 431 g/mol. The highest BCUT2D eigenvalue weighted by molar-refractivity contribution is 7.99. The van der Waals surface area contributed by atoms with Crippen LogP contribution >= 0.6 is 11.8 Å². The van der Waals surface area contributed by atoms with E-state index in [9.17, 15) is 18.0 Å². The van der Waals surface area contributed by atoms with Crippen molar-refractivity contribution in [3.63, 3.8) is 0 Å². The zero-order chi connectivity index (χ0) is 23.3. The molecule has 0 saturated carbocycles. The van der Waals surface area contributed by atoms with Gasteiger partial charge in [-0.15, -0.1) is 11.8 Å². The number of Topliss-reactive ketones (excluding diaryl/α,β-unsaturated/α-hetero) is 1. The molecular formula is C26H26F3NOS.